The van der Waals surface area contributed by atoms with Crippen LogP contribution in [0.25, 0.3) is 0 Å². The van der Waals surface area contributed by atoms with E-state index in [4.69, 9.17) is 4.42 Å². The largest absolute Gasteiger partial charge is 0.467 e. The van der Waals surface area contributed by atoms with Gasteiger partial charge in [0.2, 0.25) is 0 Å². The van der Waals surface area contributed by atoms with Crippen LogP contribution in [-0.2, 0) is 9.59 Å². The first kappa shape index (κ1) is 17.7. The molecule has 0 aliphatic heterocycles. The van der Waals surface area contributed by atoms with E-state index in [1.54, 1.807) is 25.1 Å². The van der Waals surface area contributed by atoms with Gasteiger partial charge in [0.1, 0.15) is 11.9 Å². The first-order valence-electron chi connectivity index (χ1n) is 7.78. The van der Waals surface area contributed by atoms with Crippen LogP contribution < -0.4 is 10.6 Å². The predicted molar refractivity (Wildman–Crippen MR) is 90.4 cm³/mol. The molecule has 6 nitrogen and oxygen atoms in total. The van der Waals surface area contributed by atoms with Crippen LogP contribution in [0.5, 0.6) is 0 Å². The lowest BCUT2D eigenvalue weighted by Gasteiger charge is -2.17. The number of benzene rings is 1. The van der Waals surface area contributed by atoms with Crippen molar-refractivity contribution in [3.05, 3.63) is 53.5 Å². The average molecular weight is 330 g/mol. The second-order valence-corrected chi connectivity index (χ2v) is 5.84. The number of aliphatic hydroxyl groups excluding tert-OH is 1. The topological polar surface area (TPSA) is 91.6 Å². The molecule has 0 saturated heterocycles. The molecule has 1 aromatic heterocycles. The molecule has 0 aliphatic rings. The van der Waals surface area contributed by atoms with Crippen LogP contribution in [0.1, 0.15) is 36.3 Å². The zero-order chi connectivity index (χ0) is 17.7. The van der Waals surface area contributed by atoms with Crippen molar-refractivity contribution in [2.24, 2.45) is 0 Å². The summed E-state index contributed by atoms with van der Waals surface area (Å²) >= 11 is 0. The van der Waals surface area contributed by atoms with Crippen LogP contribution >= 0.6 is 0 Å². The summed E-state index contributed by atoms with van der Waals surface area (Å²) in [6.45, 7) is 5.53. The molecule has 1 aromatic carbocycles. The van der Waals surface area contributed by atoms with E-state index >= 15 is 0 Å². The number of hydrogen-bond acceptors (Lipinski definition) is 4. The number of anilines is 1. The van der Waals surface area contributed by atoms with E-state index in [0.29, 0.717) is 11.4 Å². The molecule has 2 aromatic rings. The van der Waals surface area contributed by atoms with Crippen molar-refractivity contribution in [1.29, 1.82) is 0 Å². The van der Waals surface area contributed by atoms with Gasteiger partial charge in [0, 0.05) is 18.2 Å². The predicted octanol–water partition coefficient (Wildman–Crippen LogP) is 2.46. The summed E-state index contributed by atoms with van der Waals surface area (Å²) < 4.78 is 5.11. The number of amides is 2. The molecule has 2 unspecified atom stereocenters. The molecule has 24 heavy (non-hydrogen) atoms. The molecule has 3 N–H and O–H groups in total. The van der Waals surface area contributed by atoms with Crippen LogP contribution in [0.2, 0.25) is 0 Å². The van der Waals surface area contributed by atoms with Crippen LogP contribution in [0, 0.1) is 13.8 Å². The van der Waals surface area contributed by atoms with Crippen molar-refractivity contribution in [2.45, 2.75) is 39.3 Å². The number of rotatable bonds is 5. The highest BCUT2D eigenvalue weighted by molar-refractivity contribution is 6.39. The van der Waals surface area contributed by atoms with E-state index in [1.165, 1.54) is 6.26 Å². The first-order chi connectivity index (χ1) is 11.4. The third kappa shape index (κ3) is 4.45. The molecule has 0 saturated carbocycles. The maximum Gasteiger partial charge on any atom is 0.313 e. The lowest BCUT2D eigenvalue weighted by Crippen LogP contribution is -2.41. The fourth-order valence-corrected chi connectivity index (χ4v) is 2.35. The zero-order valence-corrected chi connectivity index (χ0v) is 14.0. The molecule has 1 heterocycles. The van der Waals surface area contributed by atoms with Crippen molar-refractivity contribution in [3.63, 3.8) is 0 Å². The Morgan fingerprint density at radius 3 is 2.58 bits per heavy atom. The van der Waals surface area contributed by atoms with Gasteiger partial charge in [-0.25, -0.2) is 0 Å². The monoisotopic (exact) mass is 330 g/mol. The quantitative estimate of drug-likeness (QED) is 0.734. The van der Waals surface area contributed by atoms with Crippen LogP contribution in [0.15, 0.2) is 41.0 Å². The summed E-state index contributed by atoms with van der Waals surface area (Å²) in [6, 6.07) is 8.45. The Hall–Kier alpha value is -2.60. The molecule has 0 bridgehead atoms. The van der Waals surface area contributed by atoms with Gasteiger partial charge >= 0.3 is 11.8 Å². The number of hydrogen-bond donors (Lipinski definition) is 3. The normalized spacial score (nSPS) is 13.2. The average Bonchev–Trinajstić information content (AvgIpc) is 3.06. The second kappa shape index (κ2) is 7.79. The Morgan fingerprint density at radius 1 is 1.17 bits per heavy atom. The molecule has 0 radical (unpaired) electrons. The standard InChI is InChI=1S/C18H22N2O4/c1-11-6-4-7-14(13(11)3)20-18(23)17(22)19-12(2)10-15(21)16-8-5-9-24-16/h4-9,12,15,21H,10H2,1-3H3,(H,19,22)(H,20,23). The number of carbonyl (C=O) groups is 2. The van der Waals surface area contributed by atoms with Crippen molar-refractivity contribution in [2.75, 3.05) is 5.32 Å². The number of carbonyl (C=O) groups excluding carboxylic acids is 2. The summed E-state index contributed by atoms with van der Waals surface area (Å²) in [5.41, 5.74) is 2.56. The lowest BCUT2D eigenvalue weighted by molar-refractivity contribution is -0.136. The minimum absolute atomic E-state index is 0.246. The van der Waals surface area contributed by atoms with E-state index < -0.39 is 17.9 Å². The van der Waals surface area contributed by atoms with Gasteiger partial charge in [0.05, 0.1) is 6.26 Å². The van der Waals surface area contributed by atoms with E-state index in [-0.39, 0.29) is 12.5 Å². The molecular weight excluding hydrogens is 308 g/mol. The Balaban J connectivity index is 1.89. The van der Waals surface area contributed by atoms with Gasteiger partial charge in [-0.3, -0.25) is 9.59 Å². The Kier molecular flexibility index (Phi) is 5.76. The van der Waals surface area contributed by atoms with Crippen LogP contribution in [0.3, 0.4) is 0 Å². The number of aliphatic hydroxyl groups is 1. The number of furan rings is 1. The van der Waals surface area contributed by atoms with Crippen LogP contribution in [0.4, 0.5) is 5.69 Å². The molecule has 2 atom stereocenters. The minimum Gasteiger partial charge on any atom is -0.467 e. The summed E-state index contributed by atoms with van der Waals surface area (Å²) in [4.78, 5) is 24.0. The summed E-state index contributed by atoms with van der Waals surface area (Å²) in [7, 11) is 0. The van der Waals surface area contributed by atoms with E-state index in [9.17, 15) is 14.7 Å². The van der Waals surface area contributed by atoms with Crippen molar-refractivity contribution >= 4 is 17.5 Å². The highest BCUT2D eigenvalue weighted by Crippen LogP contribution is 2.19. The lowest BCUT2D eigenvalue weighted by atomic mass is 10.1. The van der Waals surface area contributed by atoms with Crippen molar-refractivity contribution in [3.8, 4) is 0 Å². The fraction of sp³-hybridized carbons (Fsp3) is 0.333. The molecule has 2 rings (SSSR count). The molecule has 0 spiro atoms. The summed E-state index contributed by atoms with van der Waals surface area (Å²) in [5, 5.41) is 15.2. The van der Waals surface area contributed by atoms with Gasteiger partial charge in [-0.15, -0.1) is 0 Å². The molecule has 0 aliphatic carbocycles. The Labute approximate surface area is 140 Å². The van der Waals surface area contributed by atoms with Gasteiger partial charge in [-0.1, -0.05) is 12.1 Å². The van der Waals surface area contributed by atoms with Gasteiger partial charge in [0.25, 0.3) is 0 Å². The Bertz CT molecular complexity index is 710. The molecule has 6 heteroatoms. The Morgan fingerprint density at radius 2 is 1.92 bits per heavy atom. The van der Waals surface area contributed by atoms with Gasteiger partial charge < -0.3 is 20.2 Å². The van der Waals surface area contributed by atoms with Crippen molar-refractivity contribution < 1.29 is 19.1 Å². The minimum atomic E-state index is -0.836. The second-order valence-electron chi connectivity index (χ2n) is 5.84. The number of nitrogens with one attached hydrogen (secondary N) is 2. The van der Waals surface area contributed by atoms with E-state index in [2.05, 4.69) is 10.6 Å². The van der Waals surface area contributed by atoms with Gasteiger partial charge in [-0.05, 0) is 50.1 Å². The summed E-state index contributed by atoms with van der Waals surface area (Å²) in [5.74, 6) is -1.05. The maximum atomic E-state index is 12.0. The molecule has 0 fully saturated rings. The SMILES string of the molecule is Cc1cccc(NC(=O)C(=O)NC(C)CC(O)c2ccco2)c1C. The highest BCUT2D eigenvalue weighted by atomic mass is 16.4. The third-order valence-corrected chi connectivity index (χ3v) is 3.88. The van der Waals surface area contributed by atoms with Gasteiger partial charge in [0.15, 0.2) is 0 Å². The van der Waals surface area contributed by atoms with Gasteiger partial charge in [-0.2, -0.15) is 0 Å². The summed E-state index contributed by atoms with van der Waals surface area (Å²) in [6.07, 6.45) is 0.882. The molecule has 128 valence electrons. The van der Waals surface area contributed by atoms with Crippen LogP contribution in [-0.4, -0.2) is 23.0 Å². The fourth-order valence-electron chi connectivity index (χ4n) is 2.35. The molecular formula is C18H22N2O4. The van der Waals surface area contributed by atoms with E-state index in [0.717, 1.165) is 11.1 Å². The zero-order valence-electron chi connectivity index (χ0n) is 14.0. The van der Waals surface area contributed by atoms with Crippen molar-refractivity contribution in [1.82, 2.24) is 5.32 Å². The van der Waals surface area contributed by atoms with E-state index in [1.807, 2.05) is 26.0 Å². The maximum absolute atomic E-state index is 12.0. The third-order valence-electron chi connectivity index (χ3n) is 3.88. The molecule has 2 amide bonds. The number of aryl methyl sites for hydroxylation is 1. The smallest absolute Gasteiger partial charge is 0.313 e. The highest BCUT2D eigenvalue weighted by Gasteiger charge is 2.20. The first-order valence-corrected chi connectivity index (χ1v) is 7.78.